The van der Waals surface area contributed by atoms with E-state index in [0.717, 1.165) is 12.8 Å². The van der Waals surface area contributed by atoms with Gasteiger partial charge >= 0.3 is 6.61 Å². The van der Waals surface area contributed by atoms with Gasteiger partial charge in [-0.15, -0.1) is 0 Å². The van der Waals surface area contributed by atoms with Gasteiger partial charge in [-0.3, -0.25) is 4.79 Å². The van der Waals surface area contributed by atoms with Crippen molar-refractivity contribution in [3.63, 3.8) is 0 Å². The predicted octanol–water partition coefficient (Wildman–Crippen LogP) is 2.83. The number of carbonyl (C=O) groups is 1. The van der Waals surface area contributed by atoms with E-state index in [1.807, 2.05) is 6.07 Å². The number of ether oxygens (including phenoxy) is 3. The number of carbonyl (C=O) groups excluding carboxylic acids is 1. The van der Waals surface area contributed by atoms with E-state index in [9.17, 15) is 18.8 Å². The Morgan fingerprint density at radius 1 is 1.24 bits per heavy atom. The van der Waals surface area contributed by atoms with Crippen LogP contribution in [-0.4, -0.2) is 44.7 Å². The molecule has 2 rings (SSSR count). The maximum Gasteiger partial charge on any atom is 0.387 e. The Hall–Kier alpha value is -2.82. The molecule has 1 aliphatic rings. The van der Waals surface area contributed by atoms with E-state index in [1.54, 1.807) is 4.90 Å². The molecule has 0 saturated carbocycles. The van der Waals surface area contributed by atoms with Crippen LogP contribution in [0.2, 0.25) is 0 Å². The van der Waals surface area contributed by atoms with Crippen molar-refractivity contribution in [1.29, 1.82) is 5.26 Å². The summed E-state index contributed by atoms with van der Waals surface area (Å²) < 4.78 is 39.7. The van der Waals surface area contributed by atoms with Gasteiger partial charge in [-0.25, -0.2) is 0 Å². The molecule has 1 saturated heterocycles. The van der Waals surface area contributed by atoms with Crippen molar-refractivity contribution < 1.29 is 27.8 Å². The fraction of sp³-hybridized carbons (Fsp3) is 0.412. The summed E-state index contributed by atoms with van der Waals surface area (Å²) in [6.07, 6.45) is 3.19. The summed E-state index contributed by atoms with van der Waals surface area (Å²) in [5.41, 5.74) is 0.355. The van der Waals surface area contributed by atoms with Crippen LogP contribution in [-0.2, 0) is 4.79 Å². The van der Waals surface area contributed by atoms with Crippen molar-refractivity contribution in [2.24, 2.45) is 0 Å². The smallest absolute Gasteiger partial charge is 0.387 e. The largest absolute Gasteiger partial charge is 0.493 e. The minimum Gasteiger partial charge on any atom is -0.493 e. The number of likely N-dealkylation sites (tertiary alicyclic amines) is 1. The number of nitrogens with zero attached hydrogens (tertiary/aromatic N) is 2. The molecule has 1 aromatic carbocycles. The van der Waals surface area contributed by atoms with Crippen LogP contribution in [0.3, 0.4) is 0 Å². The molecule has 0 unspecified atom stereocenters. The Bertz CT molecular complexity index is 682. The zero-order valence-electron chi connectivity index (χ0n) is 13.9. The molecule has 1 amide bonds. The van der Waals surface area contributed by atoms with Gasteiger partial charge in [0, 0.05) is 13.1 Å². The summed E-state index contributed by atoms with van der Waals surface area (Å²) in [5, 5.41) is 9.29. The maximum atomic E-state index is 12.6. The van der Waals surface area contributed by atoms with Crippen molar-refractivity contribution in [3.8, 4) is 23.3 Å². The number of hydrogen-bond acceptors (Lipinski definition) is 5. The van der Waals surface area contributed by atoms with Gasteiger partial charge in [-0.2, -0.15) is 14.0 Å². The summed E-state index contributed by atoms with van der Waals surface area (Å²) in [4.78, 5) is 14.0. The highest BCUT2D eigenvalue weighted by molar-refractivity contribution is 6.01. The van der Waals surface area contributed by atoms with Gasteiger partial charge in [-0.05, 0) is 36.6 Å². The van der Waals surface area contributed by atoms with Gasteiger partial charge in [0.1, 0.15) is 11.6 Å². The molecule has 25 heavy (non-hydrogen) atoms. The van der Waals surface area contributed by atoms with Gasteiger partial charge in [0.15, 0.2) is 11.5 Å². The number of nitriles is 1. The number of rotatable bonds is 6. The zero-order valence-corrected chi connectivity index (χ0v) is 13.9. The van der Waals surface area contributed by atoms with E-state index < -0.39 is 6.61 Å². The normalized spacial score (nSPS) is 14.4. The maximum absolute atomic E-state index is 12.6. The molecular formula is C17H18F2N2O4. The Morgan fingerprint density at radius 2 is 1.80 bits per heavy atom. The molecule has 1 fully saturated rings. The molecule has 0 spiro atoms. The molecule has 134 valence electrons. The van der Waals surface area contributed by atoms with Crippen molar-refractivity contribution in [1.82, 2.24) is 4.90 Å². The number of amides is 1. The second-order valence-electron chi connectivity index (χ2n) is 5.30. The van der Waals surface area contributed by atoms with Crippen LogP contribution in [0.15, 0.2) is 17.7 Å². The first-order valence-corrected chi connectivity index (χ1v) is 7.62. The molecule has 0 radical (unpaired) electrons. The average Bonchev–Trinajstić information content (AvgIpc) is 3.13. The molecule has 1 aliphatic heterocycles. The third-order valence-electron chi connectivity index (χ3n) is 3.75. The van der Waals surface area contributed by atoms with Gasteiger partial charge in [0.05, 0.1) is 14.2 Å². The van der Waals surface area contributed by atoms with Crippen LogP contribution < -0.4 is 14.2 Å². The minimum absolute atomic E-state index is 0.0109. The van der Waals surface area contributed by atoms with Gasteiger partial charge < -0.3 is 19.1 Å². The highest BCUT2D eigenvalue weighted by atomic mass is 19.3. The topological polar surface area (TPSA) is 71.8 Å². The Labute approximate surface area is 144 Å². The van der Waals surface area contributed by atoms with E-state index in [4.69, 9.17) is 9.47 Å². The van der Waals surface area contributed by atoms with Crippen LogP contribution in [0.4, 0.5) is 8.78 Å². The minimum atomic E-state index is -3.05. The summed E-state index contributed by atoms with van der Waals surface area (Å²) in [7, 11) is 2.59. The molecule has 6 nitrogen and oxygen atoms in total. The van der Waals surface area contributed by atoms with Gasteiger partial charge in [0.2, 0.25) is 5.75 Å². The molecule has 0 N–H and O–H groups in total. The lowest BCUT2D eigenvalue weighted by atomic mass is 10.1. The van der Waals surface area contributed by atoms with Crippen LogP contribution in [0.1, 0.15) is 18.4 Å². The number of alkyl halides is 2. The van der Waals surface area contributed by atoms with Crippen molar-refractivity contribution in [2.45, 2.75) is 19.5 Å². The first-order valence-electron chi connectivity index (χ1n) is 7.62. The molecule has 0 aromatic heterocycles. The van der Waals surface area contributed by atoms with Crippen molar-refractivity contribution in [2.75, 3.05) is 27.3 Å². The van der Waals surface area contributed by atoms with Crippen LogP contribution in [0.5, 0.6) is 17.2 Å². The predicted molar refractivity (Wildman–Crippen MR) is 85.6 cm³/mol. The molecule has 1 heterocycles. The summed E-state index contributed by atoms with van der Waals surface area (Å²) in [6, 6.07) is 4.68. The Balaban J connectivity index is 2.40. The summed E-state index contributed by atoms with van der Waals surface area (Å²) in [5.74, 6) is -0.582. The number of halogens is 2. The van der Waals surface area contributed by atoms with Crippen molar-refractivity contribution in [3.05, 3.63) is 23.3 Å². The zero-order chi connectivity index (χ0) is 18.4. The molecular weight excluding hydrogens is 334 g/mol. The summed E-state index contributed by atoms with van der Waals surface area (Å²) >= 11 is 0. The monoisotopic (exact) mass is 352 g/mol. The van der Waals surface area contributed by atoms with Crippen molar-refractivity contribution >= 4 is 12.0 Å². The van der Waals surface area contributed by atoms with E-state index >= 15 is 0 Å². The lowest BCUT2D eigenvalue weighted by Gasteiger charge is -2.16. The number of benzene rings is 1. The van der Waals surface area contributed by atoms with E-state index in [2.05, 4.69) is 4.74 Å². The average molecular weight is 352 g/mol. The second-order valence-corrected chi connectivity index (χ2v) is 5.30. The molecule has 0 bridgehead atoms. The third-order valence-corrected chi connectivity index (χ3v) is 3.75. The Kier molecular flexibility index (Phi) is 6.17. The standard InChI is InChI=1S/C17H18F2N2O4/c1-23-13-8-11(9-14(24-2)15(13)25-17(18)19)7-12(10-20)16(22)21-5-3-4-6-21/h7-9,17H,3-6H2,1-2H3/b12-7+. The van der Waals surface area contributed by atoms with Gasteiger partial charge in [-0.1, -0.05) is 0 Å². The van der Waals surface area contributed by atoms with E-state index in [0.29, 0.717) is 18.7 Å². The van der Waals surface area contributed by atoms with E-state index in [-0.39, 0.29) is 28.7 Å². The van der Waals surface area contributed by atoms with E-state index in [1.165, 1.54) is 32.4 Å². The first-order chi connectivity index (χ1) is 12.0. The first kappa shape index (κ1) is 18.5. The fourth-order valence-electron chi connectivity index (χ4n) is 2.59. The molecule has 1 aromatic rings. The molecule has 0 aliphatic carbocycles. The van der Waals surface area contributed by atoms with Gasteiger partial charge in [0.25, 0.3) is 5.91 Å². The van der Waals surface area contributed by atoms with Crippen LogP contribution in [0, 0.1) is 11.3 Å². The van der Waals surface area contributed by atoms with Crippen LogP contribution >= 0.6 is 0 Å². The number of methoxy groups -OCH3 is 2. The lowest BCUT2D eigenvalue weighted by Crippen LogP contribution is -2.28. The summed E-state index contributed by atoms with van der Waals surface area (Å²) in [6.45, 7) is -1.81. The SMILES string of the molecule is COc1cc(/C=C(\C#N)C(=O)N2CCCC2)cc(OC)c1OC(F)F. The highest BCUT2D eigenvalue weighted by Gasteiger charge is 2.22. The second kappa shape index (κ2) is 8.33. The third kappa shape index (κ3) is 4.38. The molecule has 8 heteroatoms. The lowest BCUT2D eigenvalue weighted by molar-refractivity contribution is -0.125. The highest BCUT2D eigenvalue weighted by Crippen LogP contribution is 2.40. The van der Waals surface area contributed by atoms with Crippen LogP contribution in [0.25, 0.3) is 6.08 Å². The fourth-order valence-corrected chi connectivity index (χ4v) is 2.59. The Morgan fingerprint density at radius 3 is 2.24 bits per heavy atom. The quantitative estimate of drug-likeness (QED) is 0.581. The number of hydrogen-bond donors (Lipinski definition) is 0. The molecule has 0 atom stereocenters.